The number of benzene rings is 2. The molecule has 0 saturated heterocycles. The molecule has 0 bridgehead atoms. The molecule has 162 valence electrons. The van der Waals surface area contributed by atoms with Crippen molar-refractivity contribution in [1.29, 1.82) is 0 Å². The van der Waals surface area contributed by atoms with Crippen LogP contribution in [0, 0.1) is 5.92 Å². The maximum absolute atomic E-state index is 13.2. The van der Waals surface area contributed by atoms with Crippen LogP contribution in [0.4, 0.5) is 0 Å². The Labute approximate surface area is 179 Å². The number of hydrazone groups is 1. The lowest BCUT2D eigenvalue weighted by Crippen LogP contribution is -2.21. The lowest BCUT2D eigenvalue weighted by atomic mass is 10.1. The summed E-state index contributed by atoms with van der Waals surface area (Å²) in [5.74, 6) is 0.558. The van der Waals surface area contributed by atoms with Crippen molar-refractivity contribution in [3.63, 3.8) is 0 Å². The molecule has 1 aromatic heterocycles. The molecule has 31 heavy (non-hydrogen) atoms. The summed E-state index contributed by atoms with van der Waals surface area (Å²) in [5.41, 5.74) is 2.75. The van der Waals surface area contributed by atoms with E-state index in [0.717, 1.165) is 0 Å². The standard InChI is InChI=1S/C23H25N3O5/c1-14(2)11-21(27)25-24-13-18-16-7-5-6-8-17(16)22(28)26(23(18)29)15-9-10-19(30-3)20(12-15)31-4/h5-10,12-14,29H,11H2,1-4H3,(H,25,27)/b24-13+. The summed E-state index contributed by atoms with van der Waals surface area (Å²) >= 11 is 0. The third-order valence-corrected chi connectivity index (χ3v) is 4.71. The van der Waals surface area contributed by atoms with Gasteiger partial charge in [0.25, 0.3) is 5.56 Å². The number of ether oxygens (including phenoxy) is 2. The third-order valence-electron chi connectivity index (χ3n) is 4.71. The van der Waals surface area contributed by atoms with Gasteiger partial charge in [-0.15, -0.1) is 0 Å². The molecule has 2 N–H and O–H groups in total. The van der Waals surface area contributed by atoms with Crippen molar-refractivity contribution >= 4 is 22.9 Å². The zero-order valence-corrected chi connectivity index (χ0v) is 17.9. The number of carbonyl (C=O) groups excluding carboxylic acids is 1. The molecule has 0 unspecified atom stereocenters. The van der Waals surface area contributed by atoms with Crippen LogP contribution in [-0.4, -0.2) is 36.0 Å². The summed E-state index contributed by atoms with van der Waals surface area (Å²) in [7, 11) is 3.00. The molecular weight excluding hydrogens is 398 g/mol. The van der Waals surface area contributed by atoms with Gasteiger partial charge in [0.15, 0.2) is 11.5 Å². The zero-order valence-electron chi connectivity index (χ0n) is 17.9. The van der Waals surface area contributed by atoms with Gasteiger partial charge in [0.2, 0.25) is 11.8 Å². The second-order valence-electron chi connectivity index (χ2n) is 7.35. The predicted molar refractivity (Wildman–Crippen MR) is 120 cm³/mol. The predicted octanol–water partition coefficient (Wildman–Crippen LogP) is 3.21. The number of aromatic hydroxyl groups is 1. The fourth-order valence-corrected chi connectivity index (χ4v) is 3.28. The highest BCUT2D eigenvalue weighted by Gasteiger charge is 2.18. The fraction of sp³-hybridized carbons (Fsp3) is 0.261. The van der Waals surface area contributed by atoms with Gasteiger partial charge in [-0.25, -0.2) is 9.99 Å². The Balaban J connectivity index is 2.16. The van der Waals surface area contributed by atoms with Gasteiger partial charge in [0.1, 0.15) is 0 Å². The average molecular weight is 423 g/mol. The van der Waals surface area contributed by atoms with E-state index in [4.69, 9.17) is 9.47 Å². The molecule has 0 aliphatic rings. The van der Waals surface area contributed by atoms with Crippen LogP contribution in [0.2, 0.25) is 0 Å². The number of fused-ring (bicyclic) bond motifs is 1. The number of hydrogen-bond acceptors (Lipinski definition) is 6. The Morgan fingerprint density at radius 2 is 1.81 bits per heavy atom. The van der Waals surface area contributed by atoms with E-state index in [1.54, 1.807) is 42.5 Å². The maximum Gasteiger partial charge on any atom is 0.265 e. The Kier molecular flexibility index (Phi) is 6.59. The lowest BCUT2D eigenvalue weighted by molar-refractivity contribution is -0.121. The highest BCUT2D eigenvalue weighted by Crippen LogP contribution is 2.32. The summed E-state index contributed by atoms with van der Waals surface area (Å²) < 4.78 is 11.7. The number of hydrogen-bond donors (Lipinski definition) is 2. The van der Waals surface area contributed by atoms with Gasteiger partial charge < -0.3 is 14.6 Å². The van der Waals surface area contributed by atoms with Crippen LogP contribution < -0.4 is 20.5 Å². The van der Waals surface area contributed by atoms with Gasteiger partial charge in [-0.3, -0.25) is 9.59 Å². The molecule has 0 spiro atoms. The first-order valence-corrected chi connectivity index (χ1v) is 9.78. The first-order chi connectivity index (χ1) is 14.9. The van der Waals surface area contributed by atoms with Crippen LogP contribution in [0.1, 0.15) is 25.8 Å². The number of nitrogens with one attached hydrogen (secondary N) is 1. The maximum atomic E-state index is 13.2. The van der Waals surface area contributed by atoms with Crippen molar-refractivity contribution in [3.05, 3.63) is 58.4 Å². The van der Waals surface area contributed by atoms with E-state index in [1.807, 2.05) is 13.8 Å². The molecule has 0 fully saturated rings. The molecule has 1 amide bonds. The summed E-state index contributed by atoms with van der Waals surface area (Å²) in [6, 6.07) is 11.8. The quantitative estimate of drug-likeness (QED) is 0.449. The van der Waals surface area contributed by atoms with Crippen LogP contribution in [0.5, 0.6) is 17.4 Å². The van der Waals surface area contributed by atoms with Crippen molar-refractivity contribution in [2.75, 3.05) is 14.2 Å². The Morgan fingerprint density at radius 3 is 2.45 bits per heavy atom. The number of pyridine rings is 1. The SMILES string of the molecule is COc1ccc(-n2c(O)c(/C=N/NC(=O)CC(C)C)c3ccccc3c2=O)cc1OC. The summed E-state index contributed by atoms with van der Waals surface area (Å²) in [6.45, 7) is 3.86. The number of carbonyl (C=O) groups is 1. The molecule has 2 aromatic carbocycles. The van der Waals surface area contributed by atoms with Crippen molar-refractivity contribution in [2.45, 2.75) is 20.3 Å². The minimum atomic E-state index is -0.402. The molecule has 0 aliphatic heterocycles. The first-order valence-electron chi connectivity index (χ1n) is 9.78. The van der Waals surface area contributed by atoms with E-state index >= 15 is 0 Å². The van der Waals surface area contributed by atoms with Gasteiger partial charge in [-0.1, -0.05) is 32.0 Å². The number of rotatable bonds is 7. The van der Waals surface area contributed by atoms with Gasteiger partial charge >= 0.3 is 0 Å². The lowest BCUT2D eigenvalue weighted by Gasteiger charge is -2.15. The monoisotopic (exact) mass is 423 g/mol. The molecule has 1 heterocycles. The molecule has 0 aliphatic carbocycles. The van der Waals surface area contributed by atoms with E-state index in [2.05, 4.69) is 10.5 Å². The highest BCUT2D eigenvalue weighted by atomic mass is 16.5. The number of amides is 1. The molecule has 8 nitrogen and oxygen atoms in total. The third kappa shape index (κ3) is 4.53. The van der Waals surface area contributed by atoms with Gasteiger partial charge in [0, 0.05) is 23.3 Å². The Bertz CT molecular complexity index is 1200. The second-order valence-corrected chi connectivity index (χ2v) is 7.35. The van der Waals surface area contributed by atoms with Crippen LogP contribution in [0.25, 0.3) is 16.5 Å². The molecule has 8 heteroatoms. The van der Waals surface area contributed by atoms with Gasteiger partial charge in [-0.2, -0.15) is 5.10 Å². The van der Waals surface area contributed by atoms with E-state index in [-0.39, 0.29) is 17.7 Å². The topological polar surface area (TPSA) is 102 Å². The van der Waals surface area contributed by atoms with Crippen molar-refractivity contribution < 1.29 is 19.4 Å². The minimum Gasteiger partial charge on any atom is -0.494 e. The van der Waals surface area contributed by atoms with E-state index in [0.29, 0.717) is 39.9 Å². The van der Waals surface area contributed by atoms with E-state index < -0.39 is 5.56 Å². The average Bonchev–Trinajstić information content (AvgIpc) is 2.75. The smallest absolute Gasteiger partial charge is 0.265 e. The largest absolute Gasteiger partial charge is 0.494 e. The van der Waals surface area contributed by atoms with E-state index in [1.165, 1.54) is 25.0 Å². The Hall–Kier alpha value is -3.81. The normalized spacial score (nSPS) is 11.3. The molecular formula is C23H25N3O5. The molecule has 0 atom stereocenters. The Morgan fingerprint density at radius 1 is 1.13 bits per heavy atom. The highest BCUT2D eigenvalue weighted by molar-refractivity contribution is 6.02. The fourth-order valence-electron chi connectivity index (χ4n) is 3.28. The zero-order chi connectivity index (χ0) is 22.5. The van der Waals surface area contributed by atoms with Crippen molar-refractivity contribution in [2.24, 2.45) is 11.0 Å². The van der Waals surface area contributed by atoms with Crippen LogP contribution in [0.15, 0.2) is 52.4 Å². The van der Waals surface area contributed by atoms with Crippen molar-refractivity contribution in [3.8, 4) is 23.1 Å². The number of methoxy groups -OCH3 is 2. The van der Waals surface area contributed by atoms with Gasteiger partial charge in [0.05, 0.1) is 31.7 Å². The number of nitrogens with zero attached hydrogens (tertiary/aromatic N) is 2. The van der Waals surface area contributed by atoms with Crippen LogP contribution in [0.3, 0.4) is 0 Å². The van der Waals surface area contributed by atoms with Crippen LogP contribution in [-0.2, 0) is 4.79 Å². The molecule has 0 saturated carbocycles. The van der Waals surface area contributed by atoms with Gasteiger partial charge in [-0.05, 0) is 24.1 Å². The molecule has 3 rings (SSSR count). The van der Waals surface area contributed by atoms with Crippen molar-refractivity contribution in [1.82, 2.24) is 9.99 Å². The molecule has 0 radical (unpaired) electrons. The molecule has 3 aromatic rings. The van der Waals surface area contributed by atoms with Crippen LogP contribution >= 0.6 is 0 Å². The minimum absolute atomic E-state index is 0.191. The summed E-state index contributed by atoms with van der Waals surface area (Å²) in [4.78, 5) is 25.1. The summed E-state index contributed by atoms with van der Waals surface area (Å²) in [6.07, 6.45) is 1.67. The summed E-state index contributed by atoms with van der Waals surface area (Å²) in [5, 5.41) is 15.9. The second kappa shape index (κ2) is 9.34. The van der Waals surface area contributed by atoms with E-state index in [9.17, 15) is 14.7 Å². The first kappa shape index (κ1) is 21.9. The number of aromatic nitrogens is 1.